The summed E-state index contributed by atoms with van der Waals surface area (Å²) < 4.78 is 40.7. The molecular formula is C36H33ClF3N3O3S. The molecule has 0 aliphatic rings. The lowest BCUT2D eigenvalue weighted by Crippen LogP contribution is -2.30. The predicted octanol–water partition coefficient (Wildman–Crippen LogP) is 9.40. The average Bonchev–Trinajstić information content (AvgIpc) is 3.04. The van der Waals surface area contributed by atoms with Crippen molar-refractivity contribution in [1.82, 2.24) is 5.32 Å². The van der Waals surface area contributed by atoms with Crippen LogP contribution in [-0.4, -0.2) is 23.0 Å². The number of rotatable bonds is 11. The normalized spacial score (nSPS) is 12.4. The first-order valence-corrected chi connectivity index (χ1v) is 16.0. The molecule has 0 aliphatic carbocycles. The molecule has 0 saturated heterocycles. The monoisotopic (exact) mass is 679 g/mol. The molecule has 11 heteroatoms. The second kappa shape index (κ2) is 15.8. The number of nitrogens with one attached hydrogen (secondary N) is 3. The van der Waals surface area contributed by atoms with E-state index in [9.17, 15) is 27.6 Å². The fraction of sp³-hybridized carbons (Fsp3) is 0.194. The number of carbonyl (C=O) groups is 3. The molecule has 4 rings (SSSR count). The predicted molar refractivity (Wildman–Crippen MR) is 183 cm³/mol. The zero-order valence-electron chi connectivity index (χ0n) is 25.8. The van der Waals surface area contributed by atoms with E-state index in [2.05, 4.69) is 29.8 Å². The van der Waals surface area contributed by atoms with Crippen LogP contribution in [0.25, 0.3) is 6.08 Å². The molecule has 0 fully saturated rings. The zero-order valence-corrected chi connectivity index (χ0v) is 27.4. The summed E-state index contributed by atoms with van der Waals surface area (Å²) in [5.41, 5.74) is 1.20. The number of carbonyl (C=O) groups excluding carboxylic acids is 3. The Labute approximate surface area is 280 Å². The fourth-order valence-electron chi connectivity index (χ4n) is 4.49. The lowest BCUT2D eigenvalue weighted by atomic mass is 10.0. The van der Waals surface area contributed by atoms with Gasteiger partial charge >= 0.3 is 6.18 Å². The van der Waals surface area contributed by atoms with Crippen molar-refractivity contribution in [2.75, 3.05) is 10.6 Å². The maximum Gasteiger partial charge on any atom is 0.418 e. The van der Waals surface area contributed by atoms with Crippen molar-refractivity contribution in [3.05, 3.63) is 130 Å². The van der Waals surface area contributed by atoms with Crippen LogP contribution in [0.1, 0.15) is 60.2 Å². The molecule has 6 nitrogen and oxygen atoms in total. The van der Waals surface area contributed by atoms with E-state index in [0.29, 0.717) is 34.0 Å². The summed E-state index contributed by atoms with van der Waals surface area (Å²) in [6.07, 6.45) is -2.81. The van der Waals surface area contributed by atoms with E-state index in [1.54, 1.807) is 67.6 Å². The summed E-state index contributed by atoms with van der Waals surface area (Å²) in [4.78, 5) is 40.2. The molecular weight excluding hydrogens is 647 g/mol. The minimum Gasteiger partial charge on any atom is -0.325 e. The molecule has 47 heavy (non-hydrogen) atoms. The van der Waals surface area contributed by atoms with Crippen LogP contribution in [0.2, 0.25) is 5.02 Å². The Kier molecular flexibility index (Phi) is 11.9. The molecule has 4 aromatic rings. The van der Waals surface area contributed by atoms with Gasteiger partial charge in [0.25, 0.3) is 11.8 Å². The van der Waals surface area contributed by atoms with Gasteiger partial charge in [-0.05, 0) is 78.1 Å². The van der Waals surface area contributed by atoms with Crippen LogP contribution in [0.3, 0.4) is 0 Å². The van der Waals surface area contributed by atoms with Gasteiger partial charge < -0.3 is 16.0 Å². The van der Waals surface area contributed by atoms with Gasteiger partial charge in [-0.3, -0.25) is 14.4 Å². The molecule has 244 valence electrons. The number of halogens is 4. The van der Waals surface area contributed by atoms with Crippen molar-refractivity contribution in [2.45, 2.75) is 49.4 Å². The molecule has 0 heterocycles. The van der Waals surface area contributed by atoms with Gasteiger partial charge in [0.15, 0.2) is 0 Å². The van der Waals surface area contributed by atoms with Crippen LogP contribution < -0.4 is 16.0 Å². The Bertz CT molecular complexity index is 1760. The van der Waals surface area contributed by atoms with Crippen molar-refractivity contribution in [3.63, 3.8) is 0 Å². The topological polar surface area (TPSA) is 87.3 Å². The van der Waals surface area contributed by atoms with E-state index < -0.39 is 34.7 Å². The summed E-state index contributed by atoms with van der Waals surface area (Å²) in [6, 6.07) is 26.0. The van der Waals surface area contributed by atoms with Crippen LogP contribution in [-0.2, 0) is 15.8 Å². The molecule has 0 aromatic heterocycles. The highest BCUT2D eigenvalue weighted by molar-refractivity contribution is 8.00. The molecule has 0 bridgehead atoms. The van der Waals surface area contributed by atoms with Crippen molar-refractivity contribution in [2.24, 2.45) is 0 Å². The SMILES string of the molecule is CCC(Sc1cccc(NC(=O)/C(=C\c2ccc(C(C)C)cc2)NC(=O)c2ccccc2)c1)C(=O)Nc1ccc(Cl)cc1C(F)(F)F. The van der Waals surface area contributed by atoms with Gasteiger partial charge in [-0.1, -0.05) is 80.9 Å². The lowest BCUT2D eigenvalue weighted by molar-refractivity contribution is -0.137. The molecule has 4 aromatic carbocycles. The number of hydrogen-bond donors (Lipinski definition) is 3. The van der Waals surface area contributed by atoms with Gasteiger partial charge in [0.1, 0.15) is 5.70 Å². The van der Waals surface area contributed by atoms with Gasteiger partial charge in [-0.25, -0.2) is 0 Å². The average molecular weight is 680 g/mol. The van der Waals surface area contributed by atoms with E-state index in [-0.39, 0.29) is 16.4 Å². The van der Waals surface area contributed by atoms with Crippen molar-refractivity contribution in [1.29, 1.82) is 0 Å². The quantitative estimate of drug-likeness (QED) is 0.109. The van der Waals surface area contributed by atoms with E-state index in [1.165, 1.54) is 6.07 Å². The van der Waals surface area contributed by atoms with Crippen LogP contribution in [0, 0.1) is 0 Å². The van der Waals surface area contributed by atoms with Gasteiger partial charge in [-0.2, -0.15) is 13.2 Å². The van der Waals surface area contributed by atoms with E-state index in [4.69, 9.17) is 11.6 Å². The third-order valence-electron chi connectivity index (χ3n) is 7.02. The fourth-order valence-corrected chi connectivity index (χ4v) is 5.68. The minimum atomic E-state index is -4.71. The first kappa shape index (κ1) is 35.3. The number of anilines is 2. The Hall–Kier alpha value is -4.54. The van der Waals surface area contributed by atoms with Crippen LogP contribution in [0.4, 0.5) is 24.5 Å². The largest absolute Gasteiger partial charge is 0.418 e. The third-order valence-corrected chi connectivity index (χ3v) is 8.61. The summed E-state index contributed by atoms with van der Waals surface area (Å²) in [6.45, 7) is 5.90. The number of amides is 3. The minimum absolute atomic E-state index is 0.0171. The molecule has 0 radical (unpaired) electrons. The molecule has 1 atom stereocenters. The summed E-state index contributed by atoms with van der Waals surface area (Å²) in [5.74, 6) is -1.32. The lowest BCUT2D eigenvalue weighted by Gasteiger charge is -2.18. The van der Waals surface area contributed by atoms with Crippen LogP contribution >= 0.6 is 23.4 Å². The van der Waals surface area contributed by atoms with Gasteiger partial charge in [0.2, 0.25) is 5.91 Å². The van der Waals surface area contributed by atoms with Crippen molar-refractivity contribution < 1.29 is 27.6 Å². The Morgan fingerprint density at radius 2 is 1.57 bits per heavy atom. The Balaban J connectivity index is 1.52. The van der Waals surface area contributed by atoms with Crippen molar-refractivity contribution in [3.8, 4) is 0 Å². The number of alkyl halides is 3. The Morgan fingerprint density at radius 1 is 0.872 bits per heavy atom. The Morgan fingerprint density at radius 3 is 2.21 bits per heavy atom. The summed E-state index contributed by atoms with van der Waals surface area (Å²) in [7, 11) is 0. The van der Waals surface area contributed by atoms with E-state index >= 15 is 0 Å². The molecule has 3 N–H and O–H groups in total. The summed E-state index contributed by atoms with van der Waals surface area (Å²) >= 11 is 6.91. The van der Waals surface area contributed by atoms with Crippen LogP contribution in [0.15, 0.2) is 108 Å². The highest BCUT2D eigenvalue weighted by Gasteiger charge is 2.34. The van der Waals surface area contributed by atoms with E-state index in [0.717, 1.165) is 29.5 Å². The van der Waals surface area contributed by atoms with Gasteiger partial charge in [-0.15, -0.1) is 11.8 Å². The first-order valence-electron chi connectivity index (χ1n) is 14.8. The van der Waals surface area contributed by atoms with Crippen LogP contribution in [0.5, 0.6) is 0 Å². The molecule has 0 saturated carbocycles. The maximum absolute atomic E-state index is 13.6. The molecule has 0 spiro atoms. The highest BCUT2D eigenvalue weighted by atomic mass is 35.5. The standard InChI is InChI=1S/C36H33ClF3N3O3S/c1-4-32(35(46)42-30-18-17-26(37)20-29(30)36(38,39)40)47-28-12-8-11-27(21-28)41-34(45)31(43-33(44)25-9-6-5-7-10-25)19-23-13-15-24(16-14-23)22(2)3/h5-22,32H,4H2,1-3H3,(H,41,45)(H,42,46)(H,43,44)/b31-19+. The third kappa shape index (κ3) is 9.97. The number of benzene rings is 4. The molecule has 1 unspecified atom stereocenters. The van der Waals surface area contributed by atoms with Crippen molar-refractivity contribution >= 4 is 58.5 Å². The molecule has 0 aliphatic heterocycles. The number of hydrogen-bond acceptors (Lipinski definition) is 4. The van der Waals surface area contributed by atoms with E-state index in [1.807, 2.05) is 24.3 Å². The first-order chi connectivity index (χ1) is 22.3. The number of thioether (sulfide) groups is 1. The second-order valence-electron chi connectivity index (χ2n) is 10.9. The van der Waals surface area contributed by atoms with Gasteiger partial charge in [0, 0.05) is 21.2 Å². The second-order valence-corrected chi connectivity index (χ2v) is 12.6. The zero-order chi connectivity index (χ0) is 34.1. The maximum atomic E-state index is 13.6. The highest BCUT2D eigenvalue weighted by Crippen LogP contribution is 2.37. The van der Waals surface area contributed by atoms with Gasteiger partial charge in [0.05, 0.1) is 16.5 Å². The molecule has 3 amide bonds. The smallest absolute Gasteiger partial charge is 0.325 e. The summed E-state index contributed by atoms with van der Waals surface area (Å²) in [5, 5.41) is 7.06.